The first-order chi connectivity index (χ1) is 12.9. The topological polar surface area (TPSA) is 92.8 Å². The van der Waals surface area contributed by atoms with Crippen molar-refractivity contribution in [2.45, 2.75) is 13.0 Å². The maximum atomic E-state index is 12.2. The molecule has 7 nitrogen and oxygen atoms in total. The molecule has 1 aliphatic heterocycles. The molecule has 3 rings (SSSR count). The van der Waals surface area contributed by atoms with Gasteiger partial charge in [0, 0.05) is 0 Å². The average molecular weight is 387 g/mol. The fourth-order valence-electron chi connectivity index (χ4n) is 2.60. The van der Waals surface area contributed by atoms with Crippen molar-refractivity contribution in [1.82, 2.24) is 4.90 Å². The number of nitrogens with zero attached hydrogens (tertiary/aromatic N) is 1. The number of rotatable bonds is 5. The molecule has 0 fully saturated rings. The Hall–Kier alpha value is -3.19. The number of amides is 3. The van der Waals surface area contributed by atoms with E-state index in [-0.39, 0.29) is 11.1 Å². The lowest BCUT2D eigenvalue weighted by molar-refractivity contribution is -0.153. The number of hydrogen-bond donors (Lipinski definition) is 1. The number of imide groups is 1. The van der Waals surface area contributed by atoms with Crippen molar-refractivity contribution in [3.05, 3.63) is 64.7 Å². The lowest BCUT2D eigenvalue weighted by Crippen LogP contribution is -2.38. The number of carbonyl (C=O) groups is 4. The summed E-state index contributed by atoms with van der Waals surface area (Å²) in [6, 6.07) is 12.9. The van der Waals surface area contributed by atoms with Crippen LogP contribution in [-0.2, 0) is 14.3 Å². The second kappa shape index (κ2) is 7.59. The van der Waals surface area contributed by atoms with Crippen molar-refractivity contribution in [3.63, 3.8) is 0 Å². The van der Waals surface area contributed by atoms with E-state index in [9.17, 15) is 19.2 Å². The Balaban J connectivity index is 1.59. The largest absolute Gasteiger partial charge is 0.451 e. The van der Waals surface area contributed by atoms with Gasteiger partial charge in [0.1, 0.15) is 6.54 Å². The molecule has 1 aliphatic rings. The van der Waals surface area contributed by atoms with E-state index in [1.165, 1.54) is 19.1 Å². The maximum absolute atomic E-state index is 12.2. The van der Waals surface area contributed by atoms with Gasteiger partial charge in [-0.3, -0.25) is 24.1 Å². The number of esters is 1. The number of nitrogens with one attached hydrogen (secondary N) is 1. The van der Waals surface area contributed by atoms with Gasteiger partial charge >= 0.3 is 5.97 Å². The highest BCUT2D eigenvalue weighted by atomic mass is 35.5. The molecule has 0 aromatic heterocycles. The van der Waals surface area contributed by atoms with E-state index >= 15 is 0 Å². The van der Waals surface area contributed by atoms with Gasteiger partial charge in [-0.25, -0.2) is 0 Å². The van der Waals surface area contributed by atoms with Gasteiger partial charge in [0.15, 0.2) is 6.10 Å². The third-order valence-corrected chi connectivity index (χ3v) is 4.30. The van der Waals surface area contributed by atoms with Gasteiger partial charge in [-0.05, 0) is 31.2 Å². The van der Waals surface area contributed by atoms with Crippen LogP contribution < -0.4 is 5.32 Å². The van der Waals surface area contributed by atoms with E-state index in [2.05, 4.69) is 5.32 Å². The molecule has 2 aromatic carbocycles. The van der Waals surface area contributed by atoms with Crippen LogP contribution in [0, 0.1) is 0 Å². The molecule has 0 bridgehead atoms. The number of halogens is 1. The summed E-state index contributed by atoms with van der Waals surface area (Å²) < 4.78 is 5.04. The number of hydrogen-bond acceptors (Lipinski definition) is 5. The highest BCUT2D eigenvalue weighted by Gasteiger charge is 2.37. The average Bonchev–Trinajstić information content (AvgIpc) is 2.89. The van der Waals surface area contributed by atoms with Crippen molar-refractivity contribution < 1.29 is 23.9 Å². The van der Waals surface area contributed by atoms with Crippen molar-refractivity contribution in [2.24, 2.45) is 0 Å². The van der Waals surface area contributed by atoms with Gasteiger partial charge in [0.25, 0.3) is 17.7 Å². The Kier molecular flexibility index (Phi) is 5.23. The number of para-hydroxylation sites is 1. The molecule has 1 unspecified atom stereocenters. The van der Waals surface area contributed by atoms with Crippen LogP contribution in [0.1, 0.15) is 27.6 Å². The van der Waals surface area contributed by atoms with Gasteiger partial charge < -0.3 is 10.1 Å². The molecule has 1 N–H and O–H groups in total. The first-order valence-electron chi connectivity index (χ1n) is 8.08. The normalized spacial score (nSPS) is 13.9. The van der Waals surface area contributed by atoms with Crippen LogP contribution in [0.4, 0.5) is 5.69 Å². The zero-order valence-electron chi connectivity index (χ0n) is 14.3. The SMILES string of the molecule is CC(OC(=O)CN1C(=O)c2ccccc2C1=O)C(=O)Nc1ccccc1Cl. The molecule has 3 amide bonds. The lowest BCUT2D eigenvalue weighted by Gasteiger charge is -2.17. The molecule has 0 aliphatic carbocycles. The predicted octanol–water partition coefficient (Wildman–Crippen LogP) is 2.51. The van der Waals surface area contributed by atoms with Crippen LogP contribution >= 0.6 is 11.6 Å². The van der Waals surface area contributed by atoms with Crippen LogP contribution in [0.5, 0.6) is 0 Å². The Morgan fingerprint density at radius 3 is 2.19 bits per heavy atom. The van der Waals surface area contributed by atoms with E-state index in [0.717, 1.165) is 4.90 Å². The fraction of sp³-hybridized carbons (Fsp3) is 0.158. The highest BCUT2D eigenvalue weighted by Crippen LogP contribution is 2.23. The minimum Gasteiger partial charge on any atom is -0.451 e. The van der Waals surface area contributed by atoms with Crippen molar-refractivity contribution in [3.8, 4) is 0 Å². The summed E-state index contributed by atoms with van der Waals surface area (Å²) in [5.74, 6) is -2.59. The number of anilines is 1. The Morgan fingerprint density at radius 1 is 1.04 bits per heavy atom. The Bertz CT molecular complexity index is 908. The molecule has 1 heterocycles. The van der Waals surface area contributed by atoms with E-state index in [0.29, 0.717) is 10.7 Å². The molecule has 0 saturated heterocycles. The van der Waals surface area contributed by atoms with Gasteiger partial charge in [-0.1, -0.05) is 35.9 Å². The Morgan fingerprint density at radius 2 is 1.59 bits per heavy atom. The monoisotopic (exact) mass is 386 g/mol. The van der Waals surface area contributed by atoms with E-state index < -0.39 is 36.3 Å². The first-order valence-corrected chi connectivity index (χ1v) is 8.46. The minimum absolute atomic E-state index is 0.236. The number of benzene rings is 2. The standard InChI is InChI=1S/C19H15ClN2O5/c1-11(17(24)21-15-9-5-4-8-14(15)20)27-16(23)10-22-18(25)12-6-2-3-7-13(12)19(22)26/h2-9,11H,10H2,1H3,(H,21,24). The summed E-state index contributed by atoms with van der Waals surface area (Å²) in [6.45, 7) is 0.808. The summed E-state index contributed by atoms with van der Waals surface area (Å²) in [5.41, 5.74) is 0.854. The summed E-state index contributed by atoms with van der Waals surface area (Å²) in [5, 5.41) is 2.89. The number of fused-ring (bicyclic) bond motifs is 1. The molecule has 2 aromatic rings. The smallest absolute Gasteiger partial charge is 0.326 e. The van der Waals surface area contributed by atoms with Crippen LogP contribution in [0.15, 0.2) is 48.5 Å². The number of ether oxygens (including phenoxy) is 1. The van der Waals surface area contributed by atoms with Crippen molar-refractivity contribution in [2.75, 3.05) is 11.9 Å². The molecular formula is C19H15ClN2O5. The van der Waals surface area contributed by atoms with E-state index in [1.807, 2.05) is 0 Å². The zero-order chi connectivity index (χ0) is 19.6. The third kappa shape index (κ3) is 3.83. The first kappa shape index (κ1) is 18.6. The highest BCUT2D eigenvalue weighted by molar-refractivity contribution is 6.33. The fourth-order valence-corrected chi connectivity index (χ4v) is 2.78. The molecule has 1 atom stereocenters. The van der Waals surface area contributed by atoms with Crippen LogP contribution in [0.3, 0.4) is 0 Å². The number of carbonyl (C=O) groups excluding carboxylic acids is 4. The summed E-state index contributed by atoms with van der Waals surface area (Å²) in [7, 11) is 0. The second-order valence-electron chi connectivity index (χ2n) is 5.84. The minimum atomic E-state index is -1.14. The van der Waals surface area contributed by atoms with Gasteiger partial charge in [0.2, 0.25) is 0 Å². The third-order valence-electron chi connectivity index (χ3n) is 3.97. The van der Waals surface area contributed by atoms with Gasteiger partial charge in [0.05, 0.1) is 21.8 Å². The predicted molar refractivity (Wildman–Crippen MR) is 97.4 cm³/mol. The van der Waals surface area contributed by atoms with Crippen molar-refractivity contribution >= 4 is 41.0 Å². The van der Waals surface area contributed by atoms with E-state index in [1.54, 1.807) is 36.4 Å². The van der Waals surface area contributed by atoms with E-state index in [4.69, 9.17) is 16.3 Å². The molecule has 8 heteroatoms. The quantitative estimate of drug-likeness (QED) is 0.629. The molecule has 138 valence electrons. The van der Waals surface area contributed by atoms with Crippen LogP contribution in [0.2, 0.25) is 5.02 Å². The zero-order valence-corrected chi connectivity index (χ0v) is 15.0. The van der Waals surface area contributed by atoms with Crippen LogP contribution in [0.25, 0.3) is 0 Å². The summed E-state index contributed by atoms with van der Waals surface area (Å²) in [4.78, 5) is 49.5. The molecule has 0 spiro atoms. The van der Waals surface area contributed by atoms with Gasteiger partial charge in [-0.15, -0.1) is 0 Å². The molecule has 27 heavy (non-hydrogen) atoms. The maximum Gasteiger partial charge on any atom is 0.326 e. The van der Waals surface area contributed by atoms with Crippen LogP contribution in [-0.4, -0.2) is 41.2 Å². The summed E-state index contributed by atoms with van der Waals surface area (Å²) >= 11 is 5.96. The Labute approximate surface area is 159 Å². The van der Waals surface area contributed by atoms with Gasteiger partial charge in [-0.2, -0.15) is 0 Å². The lowest BCUT2D eigenvalue weighted by atomic mass is 10.1. The summed E-state index contributed by atoms with van der Waals surface area (Å²) in [6.07, 6.45) is -1.14. The molecule has 0 radical (unpaired) electrons. The van der Waals surface area contributed by atoms with Crippen molar-refractivity contribution in [1.29, 1.82) is 0 Å². The molecular weight excluding hydrogens is 372 g/mol. The second-order valence-corrected chi connectivity index (χ2v) is 6.25. The molecule has 0 saturated carbocycles.